The predicted molar refractivity (Wildman–Crippen MR) is 44.9 cm³/mol. The van der Waals surface area contributed by atoms with Crippen molar-refractivity contribution >= 4 is 0 Å². The van der Waals surface area contributed by atoms with Crippen LogP contribution in [-0.4, -0.2) is 0 Å². The quantitative estimate of drug-likeness (QED) is 0.602. The van der Waals surface area contributed by atoms with Crippen LogP contribution in [0.25, 0.3) is 0 Å². The van der Waals surface area contributed by atoms with Crippen LogP contribution in [0.15, 0.2) is 0 Å². The normalized spacial score (nSPS) is 17.4. The first-order valence-corrected chi connectivity index (χ1v) is 13.6. The first kappa shape index (κ1) is 13.8. The summed E-state index contributed by atoms with van der Waals surface area (Å²) in [6.07, 6.45) is 0. The molecule has 0 spiro atoms. The standard InChI is InChI=1S/8CN.Zr/c8*1-2;. The molecular weight excluding hydrogens is 299 g/mol. The van der Waals surface area contributed by atoms with E-state index in [4.69, 9.17) is 42.1 Å². The summed E-state index contributed by atoms with van der Waals surface area (Å²) in [6, 6.07) is 0. The summed E-state index contributed by atoms with van der Waals surface area (Å²) in [4.78, 5) is 0. The molecule has 17 heavy (non-hydrogen) atoms. The molecular formula is C8N8Zr. The molecule has 0 bridgehead atoms. The molecule has 0 saturated heterocycles. The van der Waals surface area contributed by atoms with Crippen LogP contribution in [0, 0.1) is 72.3 Å². The van der Waals surface area contributed by atoms with Gasteiger partial charge in [0, 0.05) is 0 Å². The van der Waals surface area contributed by atoms with Gasteiger partial charge in [0.15, 0.2) is 0 Å². The second-order valence-corrected chi connectivity index (χ2v) is 26.0. The van der Waals surface area contributed by atoms with Crippen LogP contribution in [-0.2, 0) is 14.3 Å². The molecule has 0 rings (SSSR count). The van der Waals surface area contributed by atoms with Crippen LogP contribution < -0.4 is 0 Å². The van der Waals surface area contributed by atoms with Gasteiger partial charge in [0.25, 0.3) is 0 Å². The zero-order chi connectivity index (χ0) is 14.0. The average Bonchev–Trinajstić information content (AvgIpc) is 2.48. The topological polar surface area (TPSA) is 190 Å². The van der Waals surface area contributed by atoms with Gasteiger partial charge in [-0.2, -0.15) is 0 Å². The summed E-state index contributed by atoms with van der Waals surface area (Å²) in [5.74, 6) is 0. The number of nitriles is 8. The Bertz CT molecular complexity index is 616. The van der Waals surface area contributed by atoms with Crippen molar-refractivity contribution in [1.29, 1.82) is 42.1 Å². The third-order valence-corrected chi connectivity index (χ3v) is 18.5. The summed E-state index contributed by atoms with van der Waals surface area (Å²) in [5.41, 5.74) is 0. The average molecular weight is 299 g/mol. The molecule has 0 fully saturated rings. The Labute approximate surface area is 86.5 Å². The summed E-state index contributed by atoms with van der Waals surface area (Å²) in [6.45, 7) is 0. The van der Waals surface area contributed by atoms with E-state index in [0.717, 1.165) is 0 Å². The zero-order valence-electron chi connectivity index (χ0n) is 8.08. The Balaban J connectivity index is 9.02. The summed E-state index contributed by atoms with van der Waals surface area (Å²) in [5, 5.41) is 72.4. The third kappa shape index (κ3) is 0.536. The van der Waals surface area contributed by atoms with Crippen molar-refractivity contribution in [3.63, 3.8) is 0 Å². The van der Waals surface area contributed by atoms with Crippen molar-refractivity contribution in [1.82, 2.24) is 0 Å². The van der Waals surface area contributed by atoms with Crippen molar-refractivity contribution < 1.29 is 14.3 Å². The molecule has 9 heteroatoms. The Morgan fingerprint density at radius 2 is 0.471 bits per heavy atom. The third-order valence-electron chi connectivity index (χ3n) is 3.13. The molecule has 0 atom stereocenters. The van der Waals surface area contributed by atoms with E-state index >= 15 is 0 Å². The first-order chi connectivity index (χ1) is 7.66. The summed E-state index contributed by atoms with van der Waals surface area (Å²) >= 11 is -9.54. The number of nitrogens with zero attached hydrogens (tertiary/aromatic N) is 8. The van der Waals surface area contributed by atoms with E-state index in [1.807, 2.05) is 0 Å². The Morgan fingerprint density at radius 1 is 0.353 bits per heavy atom. The van der Waals surface area contributed by atoms with Gasteiger partial charge in [-0.25, -0.2) is 0 Å². The second kappa shape index (κ2) is 1.66. The fourth-order valence-corrected chi connectivity index (χ4v) is 4.14. The molecule has 0 aliphatic carbocycles. The van der Waals surface area contributed by atoms with Crippen LogP contribution in [0.1, 0.15) is 0 Å². The van der Waals surface area contributed by atoms with Gasteiger partial charge < -0.3 is 0 Å². The Morgan fingerprint density at radius 3 is 0.471 bits per heavy atom. The first-order valence-electron chi connectivity index (χ1n) is 3.79. The molecule has 0 aromatic carbocycles. The minimum absolute atomic E-state index is 0.668. The van der Waals surface area contributed by atoms with Crippen molar-refractivity contribution in [3.05, 3.63) is 0 Å². The monoisotopic (exact) mass is 298 g/mol. The SMILES string of the molecule is N#[C][Zr]([C]#N)([C]#N)([C]#N)([C]#N)([C]#N)([C]#N)[C]#N. The van der Waals surface area contributed by atoms with Crippen molar-refractivity contribution in [3.8, 4) is 30.2 Å². The summed E-state index contributed by atoms with van der Waals surface area (Å²) < 4.78 is 5.34. The van der Waals surface area contributed by atoms with Crippen LogP contribution in [0.4, 0.5) is 0 Å². The molecule has 0 saturated carbocycles. The van der Waals surface area contributed by atoms with Crippen molar-refractivity contribution in [2.24, 2.45) is 0 Å². The van der Waals surface area contributed by atoms with Gasteiger partial charge in [0.2, 0.25) is 0 Å². The van der Waals surface area contributed by atoms with Gasteiger partial charge in [-0.05, 0) is 0 Å². The van der Waals surface area contributed by atoms with Gasteiger partial charge in [0.05, 0.1) is 0 Å². The zero-order valence-corrected chi connectivity index (χ0v) is 10.5. The molecule has 0 aromatic rings. The number of hydrogen-bond acceptors (Lipinski definition) is 8. The van der Waals surface area contributed by atoms with E-state index in [1.165, 1.54) is 0 Å². The number of hydrogen-bond donors (Lipinski definition) is 0. The summed E-state index contributed by atoms with van der Waals surface area (Å²) in [7, 11) is 0. The fourth-order valence-electron chi connectivity index (χ4n) is 0.700. The van der Waals surface area contributed by atoms with E-state index in [2.05, 4.69) is 0 Å². The van der Waals surface area contributed by atoms with Gasteiger partial charge in [-0.1, -0.05) is 0 Å². The second-order valence-electron chi connectivity index (χ2n) is 4.39. The maximum atomic E-state index is 9.05. The molecule has 0 N–H and O–H groups in total. The molecule has 76 valence electrons. The molecule has 8 nitrogen and oxygen atoms in total. The van der Waals surface area contributed by atoms with Gasteiger partial charge in [-0.15, -0.1) is 0 Å². The fraction of sp³-hybridized carbons (Fsp3) is 0. The Kier molecular flexibility index (Phi) is 1.35. The maximum absolute atomic E-state index is 9.54. The van der Waals surface area contributed by atoms with Gasteiger partial charge in [0.1, 0.15) is 0 Å². The molecule has 0 unspecified atom stereocenters. The van der Waals surface area contributed by atoms with E-state index in [-0.39, 0.29) is 0 Å². The van der Waals surface area contributed by atoms with Crippen molar-refractivity contribution in [2.45, 2.75) is 0 Å². The van der Waals surface area contributed by atoms with E-state index in [0.29, 0.717) is 30.2 Å². The van der Waals surface area contributed by atoms with Crippen LogP contribution >= 0.6 is 0 Å². The molecule has 0 radical (unpaired) electrons. The van der Waals surface area contributed by atoms with E-state index in [9.17, 15) is 0 Å². The van der Waals surface area contributed by atoms with Gasteiger partial charge in [-0.3, -0.25) is 0 Å². The van der Waals surface area contributed by atoms with Crippen LogP contribution in [0.3, 0.4) is 0 Å². The molecule has 0 amide bonds. The minimum atomic E-state index is -9.54. The van der Waals surface area contributed by atoms with Crippen LogP contribution in [0.2, 0.25) is 0 Å². The van der Waals surface area contributed by atoms with Crippen molar-refractivity contribution in [2.75, 3.05) is 0 Å². The molecule has 0 aromatic heterocycles. The Hall–Kier alpha value is -3.20. The number of rotatable bonds is 0. The van der Waals surface area contributed by atoms with Crippen LogP contribution in [0.5, 0.6) is 0 Å². The van der Waals surface area contributed by atoms with Gasteiger partial charge >= 0.3 is 86.6 Å². The predicted octanol–water partition coefficient (Wildman–Crippen LogP) is 0.132. The van der Waals surface area contributed by atoms with E-state index < -0.39 is 14.3 Å². The molecule has 0 aliphatic heterocycles. The molecule has 0 heterocycles. The van der Waals surface area contributed by atoms with E-state index in [1.54, 1.807) is 0 Å². The molecule has 0 aliphatic rings.